The Morgan fingerprint density at radius 2 is 0.885 bits per heavy atom. The van der Waals surface area contributed by atoms with Crippen LogP contribution in [-0.2, 0) is 33.2 Å². The monoisotopic (exact) mass is 1110 g/mol. The Morgan fingerprint density at radius 1 is 0.474 bits per heavy atom. The highest BCUT2D eigenvalue weighted by molar-refractivity contribution is 5.76. The van der Waals surface area contributed by atoms with Crippen molar-refractivity contribution in [1.29, 1.82) is 0 Å². The zero-order valence-electron chi connectivity index (χ0n) is 46.9. The first-order valence-electron chi connectivity index (χ1n) is 29.5. The predicted molar refractivity (Wildman–Crippen MR) is 295 cm³/mol. The van der Waals surface area contributed by atoms with E-state index >= 15 is 0 Å². The highest BCUT2D eigenvalue weighted by atomic mass is 16.8. The second kappa shape index (κ2) is 42.3. The zero-order valence-corrected chi connectivity index (χ0v) is 46.9. The lowest BCUT2D eigenvalue weighted by molar-refractivity contribution is -0.379. The van der Waals surface area contributed by atoms with Crippen LogP contribution in [0, 0.1) is 0 Å². The fraction of sp³-hybridized carbons (Fsp3) is 0.814. The van der Waals surface area contributed by atoms with Gasteiger partial charge in [-0.1, -0.05) is 171 Å². The number of rotatable bonds is 42. The van der Waals surface area contributed by atoms with Crippen molar-refractivity contribution in [3.8, 4) is 0 Å². The number of hydrogen-bond donors (Lipinski definition) is 12. The molecule has 3 fully saturated rings. The van der Waals surface area contributed by atoms with E-state index in [9.17, 15) is 61.0 Å². The summed E-state index contributed by atoms with van der Waals surface area (Å²) in [5.74, 6) is -0.256. The van der Waals surface area contributed by atoms with Gasteiger partial charge in [-0.05, 0) is 57.8 Å². The van der Waals surface area contributed by atoms with Gasteiger partial charge >= 0.3 is 0 Å². The van der Waals surface area contributed by atoms with E-state index < -0.39 is 124 Å². The average Bonchev–Trinajstić information content (AvgIpc) is 3.48. The minimum atomic E-state index is -1.97. The van der Waals surface area contributed by atoms with Gasteiger partial charge in [-0.25, -0.2) is 0 Å². The Morgan fingerprint density at radius 3 is 1.38 bits per heavy atom. The van der Waals surface area contributed by atoms with Gasteiger partial charge in [-0.15, -0.1) is 0 Å². The first kappa shape index (κ1) is 69.8. The summed E-state index contributed by atoms with van der Waals surface area (Å²) in [7, 11) is 0. The van der Waals surface area contributed by atoms with Gasteiger partial charge < -0.3 is 89.9 Å². The smallest absolute Gasteiger partial charge is 0.220 e. The largest absolute Gasteiger partial charge is 0.394 e. The number of ether oxygens (including phenoxy) is 6. The predicted octanol–water partition coefficient (Wildman–Crippen LogP) is 4.87. The zero-order chi connectivity index (χ0) is 56.9. The third-order valence-electron chi connectivity index (χ3n) is 14.6. The van der Waals surface area contributed by atoms with Crippen molar-refractivity contribution in [3.05, 3.63) is 60.8 Å². The summed E-state index contributed by atoms with van der Waals surface area (Å²) in [5.41, 5.74) is 0. The van der Waals surface area contributed by atoms with Crippen molar-refractivity contribution in [2.75, 3.05) is 26.4 Å². The molecule has 1 amide bonds. The molecule has 3 aliphatic rings. The highest BCUT2D eigenvalue weighted by Crippen LogP contribution is 2.33. The number of carbonyl (C=O) groups excluding carboxylic acids is 1. The fourth-order valence-electron chi connectivity index (χ4n) is 9.75. The molecule has 3 aliphatic heterocycles. The van der Waals surface area contributed by atoms with Gasteiger partial charge in [0.15, 0.2) is 18.9 Å². The van der Waals surface area contributed by atoms with Gasteiger partial charge in [0.1, 0.15) is 73.2 Å². The number of amides is 1. The maximum absolute atomic E-state index is 13.3. The molecule has 452 valence electrons. The standard InChI is InChI=1S/C59H103NO18/c1-3-5-7-9-11-13-14-15-16-17-18-19-20-21-22-23-24-25-26-27-28-29-31-33-35-37-47(65)60-42(43(64)36-34-32-30-12-10-8-6-4-2)41-73-57-53(71)50(68)55(45(39-62)75-57)78-59-54(72)51(69)56(46(40-63)76-59)77-58-52(70)49(67)48(66)44(38-61)74-58/h5,7,11,13,15-16,18-19,21-22,42-46,48-59,61-64,66-72H,3-4,6,8-10,12,14,17,20,23-41H2,1-2H3,(H,60,65)/b7-5-,13-11-,16-15-,19-18-,22-21-. The van der Waals surface area contributed by atoms with E-state index in [0.717, 1.165) is 96.3 Å². The van der Waals surface area contributed by atoms with Gasteiger partial charge in [0.25, 0.3) is 0 Å². The quantitative estimate of drug-likeness (QED) is 0.0287. The third-order valence-corrected chi connectivity index (χ3v) is 14.6. The molecule has 0 aliphatic carbocycles. The molecule has 12 N–H and O–H groups in total. The molecule has 3 saturated heterocycles. The number of unbranched alkanes of at least 4 members (excludes halogenated alkanes) is 16. The Labute approximate surface area is 465 Å². The van der Waals surface area contributed by atoms with E-state index in [1.165, 1.54) is 44.9 Å². The van der Waals surface area contributed by atoms with E-state index in [1.807, 2.05) is 0 Å². The van der Waals surface area contributed by atoms with Crippen LogP contribution in [0.4, 0.5) is 0 Å². The molecule has 17 unspecified atom stereocenters. The summed E-state index contributed by atoms with van der Waals surface area (Å²) >= 11 is 0. The molecule has 78 heavy (non-hydrogen) atoms. The first-order valence-corrected chi connectivity index (χ1v) is 29.5. The molecule has 0 aromatic rings. The van der Waals surface area contributed by atoms with Crippen molar-refractivity contribution in [2.24, 2.45) is 0 Å². The number of nitrogens with one attached hydrogen (secondary N) is 1. The second-order valence-corrected chi connectivity index (χ2v) is 21.1. The molecular weight excluding hydrogens is 1010 g/mol. The van der Waals surface area contributed by atoms with Gasteiger partial charge in [0.2, 0.25) is 5.91 Å². The number of aliphatic hydroxyl groups is 11. The molecule has 0 bridgehead atoms. The maximum atomic E-state index is 13.3. The van der Waals surface area contributed by atoms with Crippen LogP contribution in [0.5, 0.6) is 0 Å². The lowest BCUT2D eigenvalue weighted by Gasteiger charge is -2.48. The van der Waals surface area contributed by atoms with Crippen LogP contribution in [0.25, 0.3) is 0 Å². The Hall–Kier alpha value is -2.51. The van der Waals surface area contributed by atoms with Gasteiger partial charge in [-0.3, -0.25) is 4.79 Å². The highest BCUT2D eigenvalue weighted by Gasteiger charge is 2.53. The van der Waals surface area contributed by atoms with E-state index in [4.69, 9.17) is 28.4 Å². The lowest BCUT2D eigenvalue weighted by atomic mass is 9.96. The Bertz CT molecular complexity index is 1660. The molecule has 0 spiro atoms. The number of hydrogen-bond acceptors (Lipinski definition) is 18. The van der Waals surface area contributed by atoms with Gasteiger partial charge in [-0.2, -0.15) is 0 Å². The lowest BCUT2D eigenvalue weighted by Crippen LogP contribution is -2.66. The topological polar surface area (TPSA) is 307 Å². The van der Waals surface area contributed by atoms with Crippen LogP contribution in [-0.4, -0.2) is 193 Å². The maximum Gasteiger partial charge on any atom is 0.220 e. The van der Waals surface area contributed by atoms with Crippen molar-refractivity contribution >= 4 is 5.91 Å². The SMILES string of the molecule is CC/C=C\C/C=C\C/C=C\C/C=C\C/C=C\CCCCCCCCCCCC(=O)NC(COC1OC(CO)C(OC2OC(CO)C(OC3OC(CO)C(O)C(O)C3O)C(O)C2O)C(O)C1O)C(O)CCCCCCCCCC. The molecule has 19 heteroatoms. The second-order valence-electron chi connectivity index (χ2n) is 21.1. The van der Waals surface area contributed by atoms with Crippen molar-refractivity contribution in [3.63, 3.8) is 0 Å². The minimum absolute atomic E-state index is 0.255. The van der Waals surface area contributed by atoms with Crippen LogP contribution < -0.4 is 5.32 Å². The molecule has 0 radical (unpaired) electrons. The first-order chi connectivity index (χ1) is 37.8. The normalized spacial score (nSPS) is 30.9. The number of carbonyl (C=O) groups is 1. The summed E-state index contributed by atoms with van der Waals surface area (Å²) < 4.78 is 34.2. The molecule has 0 aromatic heterocycles. The molecule has 3 rings (SSSR count). The van der Waals surface area contributed by atoms with E-state index in [0.29, 0.717) is 12.8 Å². The van der Waals surface area contributed by atoms with Crippen LogP contribution in [0.2, 0.25) is 0 Å². The minimum Gasteiger partial charge on any atom is -0.394 e. The molecule has 17 atom stereocenters. The van der Waals surface area contributed by atoms with Gasteiger partial charge in [0, 0.05) is 6.42 Å². The summed E-state index contributed by atoms with van der Waals surface area (Å²) in [6, 6.07) is -0.890. The number of allylic oxidation sites excluding steroid dienone is 10. The average molecular weight is 1110 g/mol. The third kappa shape index (κ3) is 26.2. The molecule has 19 nitrogen and oxygen atoms in total. The summed E-state index contributed by atoms with van der Waals surface area (Å²) in [4.78, 5) is 13.3. The van der Waals surface area contributed by atoms with Crippen molar-refractivity contribution < 1.29 is 89.4 Å². The van der Waals surface area contributed by atoms with E-state index in [1.54, 1.807) is 0 Å². The molecule has 0 aromatic carbocycles. The molecular formula is C59H103NO18. The van der Waals surface area contributed by atoms with Crippen LogP contribution in [0.3, 0.4) is 0 Å². The summed E-state index contributed by atoms with van der Waals surface area (Å²) in [6.45, 7) is 1.60. The van der Waals surface area contributed by atoms with Crippen molar-refractivity contribution in [2.45, 2.75) is 279 Å². The summed E-state index contributed by atoms with van der Waals surface area (Å²) in [6.07, 6.45) is 20.5. The Kier molecular flexibility index (Phi) is 37.9. The van der Waals surface area contributed by atoms with Crippen molar-refractivity contribution in [1.82, 2.24) is 5.32 Å². The fourth-order valence-corrected chi connectivity index (χ4v) is 9.75. The van der Waals surface area contributed by atoms with Crippen LogP contribution >= 0.6 is 0 Å². The van der Waals surface area contributed by atoms with E-state index in [2.05, 4.69) is 79.9 Å². The summed E-state index contributed by atoms with van der Waals surface area (Å²) in [5, 5.41) is 120. The van der Waals surface area contributed by atoms with Crippen LogP contribution in [0.1, 0.15) is 174 Å². The van der Waals surface area contributed by atoms with Gasteiger partial charge in [0.05, 0.1) is 38.6 Å². The number of aliphatic hydroxyl groups excluding tert-OH is 11. The molecule has 3 heterocycles. The molecule has 0 saturated carbocycles. The van der Waals surface area contributed by atoms with E-state index in [-0.39, 0.29) is 18.9 Å². The van der Waals surface area contributed by atoms with Crippen LogP contribution in [0.15, 0.2) is 60.8 Å². The Balaban J connectivity index is 1.42.